The lowest BCUT2D eigenvalue weighted by molar-refractivity contribution is -0.115. The van der Waals surface area contributed by atoms with Crippen molar-refractivity contribution in [3.05, 3.63) is 48.3 Å². The molecule has 4 nitrogen and oxygen atoms in total. The lowest BCUT2D eigenvalue weighted by Gasteiger charge is -2.12. The lowest BCUT2D eigenvalue weighted by Crippen LogP contribution is -2.12. The fourth-order valence-electron chi connectivity index (χ4n) is 1.96. The molecule has 0 heterocycles. The minimum atomic E-state index is -2.99. The van der Waals surface area contributed by atoms with Crippen LogP contribution in [0.25, 0.3) is 0 Å². The number of halogens is 3. The Balaban J connectivity index is 1.88. The Bertz CT molecular complexity index is 711. The molecule has 0 aromatic heterocycles. The maximum absolute atomic E-state index is 12.8. The fourth-order valence-corrected chi connectivity index (χ4v) is 2.81. The Labute approximate surface area is 147 Å². The number of carbonyl (C=O) groups is 1. The van der Waals surface area contributed by atoms with Crippen LogP contribution in [0.4, 0.5) is 18.9 Å². The predicted octanol–water partition coefficient (Wildman–Crippen LogP) is 4.56. The highest BCUT2D eigenvalue weighted by atomic mass is 32.2. The first-order valence-electron chi connectivity index (χ1n) is 7.29. The van der Waals surface area contributed by atoms with Crippen LogP contribution >= 0.6 is 11.8 Å². The van der Waals surface area contributed by atoms with Gasteiger partial charge < -0.3 is 14.8 Å². The molecule has 0 fully saturated rings. The molecule has 0 aliphatic carbocycles. The van der Waals surface area contributed by atoms with Crippen molar-refractivity contribution in [1.29, 1.82) is 0 Å². The average molecular weight is 371 g/mol. The van der Waals surface area contributed by atoms with E-state index < -0.39 is 6.61 Å². The minimum absolute atomic E-state index is 0.144. The first kappa shape index (κ1) is 19.0. The number of amides is 1. The summed E-state index contributed by atoms with van der Waals surface area (Å²) in [6, 6.07) is 10.2. The van der Waals surface area contributed by atoms with Crippen LogP contribution in [-0.4, -0.2) is 25.4 Å². The third-order valence-electron chi connectivity index (χ3n) is 3.07. The zero-order valence-electron chi connectivity index (χ0n) is 13.3. The molecule has 2 aromatic rings. The van der Waals surface area contributed by atoms with E-state index in [9.17, 15) is 18.0 Å². The van der Waals surface area contributed by atoms with Gasteiger partial charge in [0.05, 0.1) is 7.11 Å². The van der Waals surface area contributed by atoms with Crippen LogP contribution < -0.4 is 14.8 Å². The van der Waals surface area contributed by atoms with Gasteiger partial charge in [-0.1, -0.05) is 0 Å². The van der Waals surface area contributed by atoms with Crippen molar-refractivity contribution in [1.82, 2.24) is 0 Å². The van der Waals surface area contributed by atoms with Gasteiger partial charge in [0.2, 0.25) is 5.91 Å². The Hall–Kier alpha value is -2.35. The second-order valence-electron chi connectivity index (χ2n) is 4.84. The van der Waals surface area contributed by atoms with Crippen LogP contribution in [0.1, 0.15) is 6.42 Å². The van der Waals surface area contributed by atoms with Crippen molar-refractivity contribution >= 4 is 23.4 Å². The monoisotopic (exact) mass is 371 g/mol. The molecule has 0 aliphatic rings. The van der Waals surface area contributed by atoms with Crippen molar-refractivity contribution in [2.24, 2.45) is 0 Å². The lowest BCUT2D eigenvalue weighted by atomic mass is 10.2. The fraction of sp³-hybridized carbons (Fsp3) is 0.235. The maximum Gasteiger partial charge on any atom is 0.387 e. The summed E-state index contributed by atoms with van der Waals surface area (Å²) in [7, 11) is 1.33. The van der Waals surface area contributed by atoms with E-state index in [1.807, 2.05) is 0 Å². The average Bonchev–Trinajstić information content (AvgIpc) is 2.56. The predicted molar refractivity (Wildman–Crippen MR) is 90.0 cm³/mol. The molecule has 25 heavy (non-hydrogen) atoms. The molecule has 0 atom stereocenters. The van der Waals surface area contributed by atoms with Gasteiger partial charge in [-0.2, -0.15) is 8.78 Å². The summed E-state index contributed by atoms with van der Waals surface area (Å²) < 4.78 is 46.9. The summed E-state index contributed by atoms with van der Waals surface area (Å²) in [6.07, 6.45) is 0.207. The maximum atomic E-state index is 12.8. The van der Waals surface area contributed by atoms with Crippen molar-refractivity contribution in [2.75, 3.05) is 18.2 Å². The molecular formula is C17H16F3NO3S. The summed E-state index contributed by atoms with van der Waals surface area (Å²) in [5.74, 6) is -0.110. The highest BCUT2D eigenvalue weighted by molar-refractivity contribution is 7.99. The van der Waals surface area contributed by atoms with Gasteiger partial charge in [-0.3, -0.25) is 4.79 Å². The Kier molecular flexibility index (Phi) is 7.00. The number of nitrogens with one attached hydrogen (secondary N) is 1. The van der Waals surface area contributed by atoms with Gasteiger partial charge >= 0.3 is 6.61 Å². The van der Waals surface area contributed by atoms with E-state index in [1.165, 1.54) is 49.2 Å². The summed E-state index contributed by atoms with van der Waals surface area (Å²) in [5.41, 5.74) is 0.327. The minimum Gasteiger partial charge on any atom is -0.493 e. The van der Waals surface area contributed by atoms with Gasteiger partial charge in [0.1, 0.15) is 5.82 Å². The molecule has 0 radical (unpaired) electrons. The zero-order chi connectivity index (χ0) is 18.2. The molecule has 0 bridgehead atoms. The molecule has 8 heteroatoms. The summed E-state index contributed by atoms with van der Waals surface area (Å²) in [4.78, 5) is 12.8. The van der Waals surface area contributed by atoms with Gasteiger partial charge in [-0.05, 0) is 36.4 Å². The van der Waals surface area contributed by atoms with Crippen molar-refractivity contribution in [3.63, 3.8) is 0 Å². The van der Waals surface area contributed by atoms with Crippen LogP contribution in [0.5, 0.6) is 11.5 Å². The number of benzene rings is 2. The van der Waals surface area contributed by atoms with Crippen LogP contribution in [-0.2, 0) is 4.79 Å². The first-order chi connectivity index (χ1) is 12.0. The molecule has 2 aromatic carbocycles. The van der Waals surface area contributed by atoms with E-state index in [-0.39, 0.29) is 29.6 Å². The Morgan fingerprint density at radius 1 is 1.16 bits per heavy atom. The number of rotatable bonds is 8. The zero-order valence-corrected chi connectivity index (χ0v) is 14.1. The van der Waals surface area contributed by atoms with E-state index in [4.69, 9.17) is 4.74 Å². The van der Waals surface area contributed by atoms with Gasteiger partial charge in [0.25, 0.3) is 0 Å². The molecule has 1 N–H and O–H groups in total. The normalized spacial score (nSPS) is 10.6. The van der Waals surface area contributed by atoms with E-state index >= 15 is 0 Å². The number of thioether (sulfide) groups is 1. The van der Waals surface area contributed by atoms with Gasteiger partial charge in [0.15, 0.2) is 11.5 Å². The smallest absolute Gasteiger partial charge is 0.387 e. The van der Waals surface area contributed by atoms with Crippen molar-refractivity contribution in [2.45, 2.75) is 17.9 Å². The van der Waals surface area contributed by atoms with Crippen molar-refractivity contribution in [3.8, 4) is 11.5 Å². The van der Waals surface area contributed by atoms with E-state index in [2.05, 4.69) is 10.1 Å². The van der Waals surface area contributed by atoms with E-state index in [0.717, 1.165) is 4.90 Å². The number of methoxy groups -OCH3 is 1. The molecule has 0 unspecified atom stereocenters. The molecule has 0 spiro atoms. The number of alkyl halides is 2. The standard InChI is InChI=1S/C17H16F3NO3S/c1-23-14-7-4-12(10-15(14)24-17(19)20)21-16(22)8-9-25-13-5-2-11(18)3-6-13/h2-7,10,17H,8-9H2,1H3,(H,21,22). The van der Waals surface area contributed by atoms with Crippen molar-refractivity contribution < 1.29 is 27.4 Å². The quantitative estimate of drug-likeness (QED) is 0.691. The number of anilines is 1. The van der Waals surface area contributed by atoms with Gasteiger partial charge in [-0.15, -0.1) is 11.8 Å². The highest BCUT2D eigenvalue weighted by Crippen LogP contribution is 2.31. The summed E-state index contributed by atoms with van der Waals surface area (Å²) in [6.45, 7) is -2.99. The number of hydrogen-bond acceptors (Lipinski definition) is 4. The first-order valence-corrected chi connectivity index (χ1v) is 8.27. The molecule has 0 saturated carbocycles. The van der Waals surface area contributed by atoms with Gasteiger partial charge in [-0.25, -0.2) is 4.39 Å². The molecule has 134 valence electrons. The summed E-state index contributed by atoms with van der Waals surface area (Å²) >= 11 is 1.41. The third kappa shape index (κ3) is 6.22. The van der Waals surface area contributed by atoms with Gasteiger partial charge in [0, 0.05) is 28.8 Å². The van der Waals surface area contributed by atoms with Crippen LogP contribution in [0.2, 0.25) is 0 Å². The largest absolute Gasteiger partial charge is 0.493 e. The molecule has 2 rings (SSSR count). The third-order valence-corrected chi connectivity index (χ3v) is 4.09. The number of ether oxygens (including phenoxy) is 2. The van der Waals surface area contributed by atoms with Crippen LogP contribution in [0.3, 0.4) is 0 Å². The molecule has 1 amide bonds. The summed E-state index contributed by atoms with van der Waals surface area (Å²) in [5, 5.41) is 2.61. The van der Waals surface area contributed by atoms with E-state index in [1.54, 1.807) is 12.1 Å². The topological polar surface area (TPSA) is 47.6 Å². The molecular weight excluding hydrogens is 355 g/mol. The van der Waals surface area contributed by atoms with Crippen LogP contribution in [0, 0.1) is 5.82 Å². The van der Waals surface area contributed by atoms with Crippen LogP contribution in [0.15, 0.2) is 47.4 Å². The highest BCUT2D eigenvalue weighted by Gasteiger charge is 2.12. The van der Waals surface area contributed by atoms with E-state index in [0.29, 0.717) is 11.4 Å². The SMILES string of the molecule is COc1ccc(NC(=O)CCSc2ccc(F)cc2)cc1OC(F)F. The second kappa shape index (κ2) is 9.22. The number of carbonyl (C=O) groups excluding carboxylic acids is 1. The second-order valence-corrected chi connectivity index (χ2v) is 6.01. The number of hydrogen-bond donors (Lipinski definition) is 1. The molecule has 0 saturated heterocycles. The Morgan fingerprint density at radius 2 is 1.88 bits per heavy atom. The Morgan fingerprint density at radius 3 is 2.52 bits per heavy atom. The molecule has 0 aliphatic heterocycles.